The van der Waals surface area contributed by atoms with Crippen LogP contribution < -0.4 is 0 Å². The van der Waals surface area contributed by atoms with Crippen LogP contribution in [0.5, 0.6) is 0 Å². The molecule has 43 heavy (non-hydrogen) atoms. The second kappa shape index (κ2) is 11.6. The first-order valence-corrected chi connectivity index (χ1v) is 15.8. The summed E-state index contributed by atoms with van der Waals surface area (Å²) in [5, 5.41) is 1.51. The smallest absolute Gasteiger partial charge is 0.227 e. The Morgan fingerprint density at radius 3 is 2.33 bits per heavy atom. The topological polar surface area (TPSA) is 38.9 Å². The van der Waals surface area contributed by atoms with Crippen molar-refractivity contribution in [3.63, 3.8) is 0 Å². The normalized spacial score (nSPS) is 19.5. The molecule has 3 heteroatoms. The van der Waals surface area contributed by atoms with Crippen molar-refractivity contribution in [2.75, 3.05) is 0 Å². The Bertz CT molecular complexity index is 2040. The summed E-state index contributed by atoms with van der Waals surface area (Å²) in [7, 11) is 0. The van der Waals surface area contributed by atoms with E-state index < -0.39 is 19.6 Å². The van der Waals surface area contributed by atoms with Crippen LogP contribution in [-0.4, -0.2) is 9.97 Å². The van der Waals surface area contributed by atoms with E-state index in [1.165, 1.54) is 19.0 Å². The van der Waals surface area contributed by atoms with Crippen molar-refractivity contribution in [3.05, 3.63) is 82.7 Å². The summed E-state index contributed by atoms with van der Waals surface area (Å²) >= 11 is 0. The first-order valence-electron chi connectivity index (χ1n) is 19.3. The number of para-hydroxylation sites is 1. The van der Waals surface area contributed by atoms with Crippen molar-refractivity contribution in [3.8, 4) is 22.4 Å². The lowest BCUT2D eigenvalue weighted by atomic mass is 9.62. The van der Waals surface area contributed by atoms with Crippen molar-refractivity contribution in [2.24, 2.45) is 17.3 Å². The molecule has 0 atom stereocenters. The van der Waals surface area contributed by atoms with Crippen LogP contribution in [0.2, 0.25) is 0 Å². The SMILES string of the molecule is [2H]C([2H])([2H])c1cc(C)c2c(n1)oc1c(-c3cc(-c4ccc(C5([2H])CCC(CC(C)C)(CC(C)C)CC5)cc4C)c(C([2H])([2H])[2H])cn3)cccc12. The highest BCUT2D eigenvalue weighted by Crippen LogP contribution is 2.50. The van der Waals surface area contributed by atoms with Crippen molar-refractivity contribution in [1.82, 2.24) is 9.97 Å². The fourth-order valence-corrected chi connectivity index (χ4v) is 7.79. The molecule has 2 aromatic carbocycles. The highest BCUT2D eigenvalue weighted by Gasteiger charge is 2.36. The summed E-state index contributed by atoms with van der Waals surface area (Å²) in [4.78, 5) is 8.97. The van der Waals surface area contributed by atoms with E-state index in [0.29, 0.717) is 39.7 Å². The number of hydrogen-bond acceptors (Lipinski definition) is 3. The van der Waals surface area contributed by atoms with Gasteiger partial charge in [0.25, 0.3) is 0 Å². The Labute approximate surface area is 268 Å². The Morgan fingerprint density at radius 2 is 1.65 bits per heavy atom. The van der Waals surface area contributed by atoms with Crippen LogP contribution in [-0.2, 0) is 0 Å². The molecule has 1 aliphatic rings. The first kappa shape index (κ1) is 22.1. The van der Waals surface area contributed by atoms with E-state index in [-0.39, 0.29) is 17.0 Å². The molecule has 5 aromatic rings. The Kier molecular flexibility index (Phi) is 5.94. The molecule has 0 radical (unpaired) electrons. The summed E-state index contributed by atoms with van der Waals surface area (Å²) in [5.41, 5.74) is 6.33. The van der Waals surface area contributed by atoms with E-state index in [1.807, 2.05) is 50.2 Å². The third kappa shape index (κ3) is 5.76. The van der Waals surface area contributed by atoms with E-state index in [0.717, 1.165) is 58.7 Å². The fourth-order valence-electron chi connectivity index (χ4n) is 7.79. The van der Waals surface area contributed by atoms with Gasteiger partial charge in [0.1, 0.15) is 5.58 Å². The molecule has 0 aliphatic heterocycles. The predicted molar refractivity (Wildman–Crippen MR) is 182 cm³/mol. The Morgan fingerprint density at radius 1 is 0.884 bits per heavy atom. The zero-order valence-electron chi connectivity index (χ0n) is 33.4. The van der Waals surface area contributed by atoms with Crippen molar-refractivity contribution in [2.45, 2.75) is 99.7 Å². The monoisotopic (exact) mass is 579 g/mol. The minimum absolute atomic E-state index is 0.0300. The van der Waals surface area contributed by atoms with E-state index >= 15 is 0 Å². The number of furan rings is 1. The number of nitrogens with zero attached hydrogens (tertiary/aromatic N) is 2. The number of pyridine rings is 2. The van der Waals surface area contributed by atoms with Gasteiger partial charge in [-0.25, -0.2) is 4.98 Å². The first-order chi connectivity index (χ1) is 23.3. The lowest BCUT2D eigenvalue weighted by Gasteiger charge is -2.43. The molecule has 3 aromatic heterocycles. The van der Waals surface area contributed by atoms with Crippen LogP contribution in [0.3, 0.4) is 0 Å². The molecule has 0 N–H and O–H groups in total. The number of fused-ring (bicyclic) bond motifs is 3. The molecule has 3 heterocycles. The summed E-state index contributed by atoms with van der Waals surface area (Å²) < 4.78 is 64.5. The summed E-state index contributed by atoms with van der Waals surface area (Å²) in [6.45, 7) is 8.27. The Hall–Kier alpha value is -3.46. The molecular formula is C40H48N2O. The van der Waals surface area contributed by atoms with Gasteiger partial charge in [0, 0.05) is 32.4 Å². The second-order valence-electron chi connectivity index (χ2n) is 13.7. The average molecular weight is 580 g/mol. The van der Waals surface area contributed by atoms with Crippen LogP contribution in [0.4, 0.5) is 0 Å². The maximum atomic E-state index is 9.60. The van der Waals surface area contributed by atoms with Gasteiger partial charge in [-0.3, -0.25) is 4.98 Å². The molecular weight excluding hydrogens is 524 g/mol. The minimum atomic E-state index is -2.40. The summed E-state index contributed by atoms with van der Waals surface area (Å²) in [6.07, 6.45) is 7.54. The van der Waals surface area contributed by atoms with E-state index in [1.54, 1.807) is 6.07 Å². The number of hydrogen-bond donors (Lipinski definition) is 0. The molecule has 1 saturated carbocycles. The van der Waals surface area contributed by atoms with Crippen molar-refractivity contribution < 1.29 is 14.0 Å². The van der Waals surface area contributed by atoms with E-state index in [2.05, 4.69) is 43.7 Å². The molecule has 0 unspecified atom stereocenters. The van der Waals surface area contributed by atoms with Crippen LogP contribution >= 0.6 is 0 Å². The van der Waals surface area contributed by atoms with Crippen LogP contribution in [0.25, 0.3) is 44.5 Å². The predicted octanol–water partition coefficient (Wildman–Crippen LogP) is 11.7. The minimum Gasteiger partial charge on any atom is -0.437 e. The van der Waals surface area contributed by atoms with Gasteiger partial charge < -0.3 is 4.42 Å². The molecule has 224 valence electrons. The quantitative estimate of drug-likeness (QED) is 0.192. The van der Waals surface area contributed by atoms with Crippen LogP contribution in [0.1, 0.15) is 110 Å². The fraction of sp³-hybridized carbons (Fsp3) is 0.450. The number of benzene rings is 2. The van der Waals surface area contributed by atoms with Gasteiger partial charge in [-0.15, -0.1) is 0 Å². The van der Waals surface area contributed by atoms with Gasteiger partial charge in [0.2, 0.25) is 5.71 Å². The van der Waals surface area contributed by atoms with Crippen molar-refractivity contribution in [1.29, 1.82) is 0 Å². The second-order valence-corrected chi connectivity index (χ2v) is 13.7. The lowest BCUT2D eigenvalue weighted by molar-refractivity contribution is 0.108. The third-order valence-corrected chi connectivity index (χ3v) is 9.37. The molecule has 0 amide bonds. The van der Waals surface area contributed by atoms with Crippen LogP contribution in [0, 0.1) is 44.8 Å². The molecule has 3 nitrogen and oxygen atoms in total. The van der Waals surface area contributed by atoms with Crippen molar-refractivity contribution >= 4 is 22.1 Å². The number of rotatable bonds is 7. The van der Waals surface area contributed by atoms with Gasteiger partial charge in [-0.1, -0.05) is 58.0 Å². The summed E-state index contributed by atoms with van der Waals surface area (Å²) in [6, 6.07) is 15.1. The molecule has 1 aliphatic carbocycles. The van der Waals surface area contributed by atoms with E-state index in [9.17, 15) is 1.37 Å². The van der Waals surface area contributed by atoms with Gasteiger partial charge in [-0.2, -0.15) is 0 Å². The number of aryl methyl sites for hydroxylation is 4. The standard InChI is InChI=1S/C40H48N2O/c1-24(2)21-40(22-25(3)4)16-14-30(15-17-40)31-12-13-32(26(5)19-31)35-20-36(41-23-28(35)7)33-10-9-11-34-37-27(6)18-29(8)42-39(37)43-38(33)34/h9-13,18-20,23-25,30H,14-17,21-22H2,1-8H3/i7D3,8D3,30D. The van der Waals surface area contributed by atoms with Gasteiger partial charge in [0.05, 0.1) is 11.1 Å². The molecule has 0 saturated heterocycles. The molecule has 0 spiro atoms. The van der Waals surface area contributed by atoms with Gasteiger partial charge >= 0.3 is 0 Å². The largest absolute Gasteiger partial charge is 0.437 e. The zero-order valence-corrected chi connectivity index (χ0v) is 26.4. The maximum Gasteiger partial charge on any atom is 0.227 e. The zero-order chi connectivity index (χ0) is 36.4. The van der Waals surface area contributed by atoms with Crippen LogP contribution in [0.15, 0.2) is 59.1 Å². The van der Waals surface area contributed by atoms with E-state index in [4.69, 9.17) is 12.6 Å². The maximum absolute atomic E-state index is 9.60. The third-order valence-electron chi connectivity index (χ3n) is 9.37. The molecule has 6 rings (SSSR count). The summed E-state index contributed by atoms with van der Waals surface area (Å²) in [5.74, 6) is 0.569. The Balaban J connectivity index is 1.40. The number of aromatic nitrogens is 2. The average Bonchev–Trinajstić information content (AvgIpc) is 3.40. The molecule has 0 bridgehead atoms. The molecule has 1 fully saturated rings. The lowest BCUT2D eigenvalue weighted by Crippen LogP contribution is -2.30. The highest BCUT2D eigenvalue weighted by atomic mass is 16.3. The van der Waals surface area contributed by atoms with Gasteiger partial charge in [-0.05, 0) is 141 Å². The van der Waals surface area contributed by atoms with Gasteiger partial charge in [0.15, 0.2) is 0 Å². The highest BCUT2D eigenvalue weighted by molar-refractivity contribution is 6.09.